The van der Waals surface area contributed by atoms with Gasteiger partial charge in [-0.05, 0) is 71.5 Å². The van der Waals surface area contributed by atoms with Crippen molar-refractivity contribution in [1.29, 1.82) is 0 Å². The maximum atomic E-state index is 15.1. The second kappa shape index (κ2) is 16.4. The fraction of sp³-hybridized carbons (Fsp3) is 0.220. The predicted octanol–water partition coefficient (Wildman–Crippen LogP) is 6.42. The van der Waals surface area contributed by atoms with Gasteiger partial charge in [-0.3, -0.25) is 9.66 Å². The Labute approximate surface area is 308 Å². The van der Waals surface area contributed by atoms with Gasteiger partial charge in [0, 0.05) is 18.5 Å². The van der Waals surface area contributed by atoms with Crippen LogP contribution in [-0.4, -0.2) is 66.9 Å². The highest BCUT2D eigenvalue weighted by molar-refractivity contribution is 7.39. The van der Waals surface area contributed by atoms with Crippen LogP contribution in [0.25, 0.3) is 10.9 Å². The highest BCUT2D eigenvalue weighted by atomic mass is 31.1. The van der Waals surface area contributed by atoms with Gasteiger partial charge in [0.05, 0.1) is 17.6 Å². The molecule has 0 spiro atoms. The molecule has 12 heteroatoms. The summed E-state index contributed by atoms with van der Waals surface area (Å²) in [5, 5.41) is 31.9. The van der Waals surface area contributed by atoms with Gasteiger partial charge in [-0.25, -0.2) is 4.79 Å². The highest BCUT2D eigenvalue weighted by Gasteiger charge is 2.46. The molecule has 1 saturated heterocycles. The van der Waals surface area contributed by atoms with Crippen molar-refractivity contribution in [1.82, 2.24) is 20.0 Å². The van der Waals surface area contributed by atoms with Gasteiger partial charge in [0.2, 0.25) is 0 Å². The Morgan fingerprint density at radius 2 is 1.21 bits per heavy atom. The molecule has 0 radical (unpaired) electrons. The number of aromatic amines is 1. The van der Waals surface area contributed by atoms with Gasteiger partial charge in [0.25, 0.3) is 8.03 Å². The van der Waals surface area contributed by atoms with Crippen molar-refractivity contribution in [3.8, 4) is 11.5 Å². The number of benzene rings is 5. The van der Waals surface area contributed by atoms with E-state index in [1.165, 1.54) is 0 Å². The van der Waals surface area contributed by atoms with E-state index in [4.69, 9.17) is 15.0 Å². The van der Waals surface area contributed by atoms with Gasteiger partial charge in [-0.1, -0.05) is 97.1 Å². The van der Waals surface area contributed by atoms with Crippen molar-refractivity contribution >= 4 is 30.8 Å². The zero-order chi connectivity index (χ0) is 36.7. The molecule has 2 amide bonds. The Hall–Kier alpha value is -5.61. The minimum Gasteiger partial charge on any atom is -0.483 e. The number of rotatable bonds is 13. The fourth-order valence-electron chi connectivity index (χ4n) is 6.91. The van der Waals surface area contributed by atoms with Crippen LogP contribution in [0, 0.1) is 0 Å². The number of nitrogens with one attached hydrogen (secondary N) is 1. The molecule has 1 fully saturated rings. The first-order chi connectivity index (χ1) is 25.8. The van der Waals surface area contributed by atoms with Gasteiger partial charge in [0.15, 0.2) is 12.2 Å². The third-order valence-electron chi connectivity index (χ3n) is 9.60. The van der Waals surface area contributed by atoms with Crippen molar-refractivity contribution in [2.24, 2.45) is 0 Å². The minimum absolute atomic E-state index is 0.106. The maximum Gasteiger partial charge on any atom is 0.321 e. The average molecular weight is 732 g/mol. The van der Waals surface area contributed by atoms with E-state index in [1.54, 1.807) is 52.3 Å². The average Bonchev–Trinajstić information content (AvgIpc) is 3.54. The monoisotopic (exact) mass is 731 g/mol. The van der Waals surface area contributed by atoms with E-state index in [0.29, 0.717) is 30.2 Å². The number of hydrogen-bond donors (Lipinski definition) is 4. The van der Waals surface area contributed by atoms with Crippen LogP contribution in [-0.2, 0) is 30.5 Å². The first-order valence-corrected chi connectivity index (χ1v) is 19.1. The Bertz CT molecular complexity index is 2150. The molecule has 5 N–H and O–H groups in total. The smallest absolute Gasteiger partial charge is 0.321 e. The Kier molecular flexibility index (Phi) is 11.1. The molecule has 7 rings (SSSR count). The SMILES string of the molecule is Nc1n[nH]c2ccc(CN3C(=O)N(Cc4cccc(OC[PH](=O)Oc5ccccc5)c4)[C@H](Cc4ccccc4)[C@H](O)[C@@H](O)[C@H]3Cc3ccccc3)cc12. The molecule has 0 bridgehead atoms. The summed E-state index contributed by atoms with van der Waals surface area (Å²) in [6, 6.07) is 39.2. The number of H-pyrrole nitrogens is 1. The van der Waals surface area contributed by atoms with Crippen molar-refractivity contribution < 1.29 is 28.8 Å². The number of aliphatic hydroxyl groups is 2. The van der Waals surface area contributed by atoms with Crippen LogP contribution in [0.5, 0.6) is 11.5 Å². The number of aliphatic hydroxyl groups excluding tert-OH is 2. The molecule has 1 aromatic heterocycles. The first-order valence-electron chi connectivity index (χ1n) is 17.5. The first kappa shape index (κ1) is 35.8. The van der Waals surface area contributed by atoms with Crippen LogP contribution in [0.15, 0.2) is 133 Å². The highest BCUT2D eigenvalue weighted by Crippen LogP contribution is 2.32. The molecule has 5 aromatic carbocycles. The van der Waals surface area contributed by atoms with Crippen molar-refractivity contribution in [2.75, 3.05) is 12.1 Å². The largest absolute Gasteiger partial charge is 0.483 e. The van der Waals surface area contributed by atoms with E-state index in [2.05, 4.69) is 10.2 Å². The van der Waals surface area contributed by atoms with Crippen molar-refractivity contribution in [3.63, 3.8) is 0 Å². The number of urea groups is 1. The summed E-state index contributed by atoms with van der Waals surface area (Å²) in [4.78, 5) is 18.4. The van der Waals surface area contributed by atoms with Gasteiger partial charge in [-0.15, -0.1) is 0 Å². The summed E-state index contributed by atoms with van der Waals surface area (Å²) in [6.07, 6.45) is -2.07. The summed E-state index contributed by atoms with van der Waals surface area (Å²) in [6.45, 7) is 0.253. The molecule has 0 aliphatic carbocycles. The lowest BCUT2D eigenvalue weighted by Crippen LogP contribution is -2.50. The third kappa shape index (κ3) is 8.55. The standard InChI is InChI=1S/C41H42N5O6P/c42-40-34-22-31(19-20-35(34)43-44-40)26-46-37(24-29-13-6-2-7-14-29)39(48)38(47)36(23-28-11-4-1-5-12-28)45(41(46)49)25-30-15-10-18-33(21-30)51-27-53(50)52-32-16-8-3-9-17-32/h1-22,36-39,47-48,53H,23-27H2,(H3,42,43,44)/t36-,37-,38+,39+/m1/s1. The van der Waals surface area contributed by atoms with Gasteiger partial charge < -0.3 is 35.0 Å². The number of nitrogens with two attached hydrogens (primary N) is 1. The molecule has 1 aliphatic heterocycles. The second-order valence-corrected chi connectivity index (χ2v) is 14.5. The number of para-hydroxylation sites is 1. The lowest BCUT2D eigenvalue weighted by molar-refractivity contribution is -0.0408. The number of aromatic nitrogens is 2. The Morgan fingerprint density at radius 3 is 1.81 bits per heavy atom. The number of nitrogens with zero attached hydrogens (tertiary/aromatic N) is 3. The summed E-state index contributed by atoms with van der Waals surface area (Å²) in [7, 11) is -2.55. The predicted molar refractivity (Wildman–Crippen MR) is 205 cm³/mol. The molecule has 0 saturated carbocycles. The number of fused-ring (bicyclic) bond motifs is 1. The quantitative estimate of drug-likeness (QED) is 0.0994. The number of anilines is 1. The fourth-order valence-corrected chi connectivity index (χ4v) is 7.66. The Balaban J connectivity index is 1.22. The van der Waals surface area contributed by atoms with Gasteiger partial charge >= 0.3 is 6.03 Å². The van der Waals surface area contributed by atoms with E-state index < -0.39 is 32.3 Å². The normalized spacial score (nSPS) is 19.5. The Morgan fingerprint density at radius 1 is 0.679 bits per heavy atom. The molecule has 6 aromatic rings. The second-order valence-electron chi connectivity index (χ2n) is 13.2. The van der Waals surface area contributed by atoms with Gasteiger partial charge in [-0.2, -0.15) is 5.10 Å². The third-order valence-corrected chi connectivity index (χ3v) is 10.4. The number of carbonyl (C=O) groups is 1. The molecule has 1 aliphatic rings. The lowest BCUT2D eigenvalue weighted by Gasteiger charge is -2.36. The molecule has 11 nitrogen and oxygen atoms in total. The van der Waals surface area contributed by atoms with E-state index >= 15 is 4.79 Å². The summed E-state index contributed by atoms with van der Waals surface area (Å²) >= 11 is 0. The van der Waals surface area contributed by atoms with Crippen LogP contribution >= 0.6 is 8.03 Å². The number of carbonyl (C=O) groups excluding carboxylic acids is 1. The molecule has 53 heavy (non-hydrogen) atoms. The van der Waals surface area contributed by atoms with Crippen molar-refractivity contribution in [2.45, 2.75) is 50.2 Å². The zero-order valence-electron chi connectivity index (χ0n) is 29.0. The van der Waals surface area contributed by atoms with Crippen molar-refractivity contribution in [3.05, 3.63) is 156 Å². The van der Waals surface area contributed by atoms with E-state index in [9.17, 15) is 14.8 Å². The summed E-state index contributed by atoms with van der Waals surface area (Å²) in [5.74, 6) is 1.32. The number of hydrogen-bond acceptors (Lipinski definition) is 8. The van der Waals surface area contributed by atoms with E-state index in [1.807, 2.05) is 91.0 Å². The summed E-state index contributed by atoms with van der Waals surface area (Å²) in [5.41, 5.74) is 10.3. The number of nitrogen functional groups attached to an aromatic ring is 1. The van der Waals surface area contributed by atoms with E-state index in [-0.39, 0.29) is 25.5 Å². The van der Waals surface area contributed by atoms with Crippen LogP contribution in [0.1, 0.15) is 22.3 Å². The zero-order valence-corrected chi connectivity index (χ0v) is 30.0. The van der Waals surface area contributed by atoms with Crippen LogP contribution < -0.4 is 15.0 Å². The minimum atomic E-state index is -2.55. The molecule has 272 valence electrons. The molecule has 5 atom stereocenters. The lowest BCUT2D eigenvalue weighted by atomic mass is 9.91. The van der Waals surface area contributed by atoms with Crippen LogP contribution in [0.2, 0.25) is 0 Å². The maximum absolute atomic E-state index is 15.1. The molecule has 1 unspecified atom stereocenters. The number of ether oxygens (including phenoxy) is 1. The van der Waals surface area contributed by atoms with Gasteiger partial charge in [0.1, 0.15) is 23.7 Å². The van der Waals surface area contributed by atoms with Crippen LogP contribution in [0.4, 0.5) is 10.6 Å². The topological polar surface area (TPSA) is 154 Å². The van der Waals surface area contributed by atoms with Crippen LogP contribution in [0.3, 0.4) is 0 Å². The molecule has 2 heterocycles. The number of amides is 2. The molecular weight excluding hydrogens is 689 g/mol. The summed E-state index contributed by atoms with van der Waals surface area (Å²) < 4.78 is 24.1. The molecular formula is C41H42N5O6P. The van der Waals surface area contributed by atoms with E-state index in [0.717, 1.165) is 33.2 Å².